The highest BCUT2D eigenvalue weighted by molar-refractivity contribution is 6.30. The molecule has 1 unspecified atom stereocenters. The molecule has 1 fully saturated rings. The Bertz CT molecular complexity index is 395. The maximum atomic E-state index is 13.7. The summed E-state index contributed by atoms with van der Waals surface area (Å²) in [4.78, 5) is 2.33. The lowest BCUT2D eigenvalue weighted by Gasteiger charge is -2.35. The second-order valence-corrected chi connectivity index (χ2v) is 5.65. The van der Waals surface area contributed by atoms with Gasteiger partial charge in [-0.3, -0.25) is 4.90 Å². The molecule has 18 heavy (non-hydrogen) atoms. The van der Waals surface area contributed by atoms with Crippen LogP contribution in [0.25, 0.3) is 0 Å². The van der Waals surface area contributed by atoms with Crippen LogP contribution < -0.4 is 0 Å². The Kier molecular flexibility index (Phi) is 5.28. The molecule has 1 nitrogen and oxygen atoms in total. The molecule has 100 valence electrons. The fourth-order valence-corrected chi connectivity index (χ4v) is 3.05. The van der Waals surface area contributed by atoms with E-state index in [2.05, 4.69) is 4.90 Å². The lowest BCUT2D eigenvalue weighted by molar-refractivity contribution is 0.135. The fraction of sp³-hybridized carbons (Fsp3) is 0.571. The van der Waals surface area contributed by atoms with Crippen LogP contribution in [0.4, 0.5) is 4.39 Å². The van der Waals surface area contributed by atoms with Gasteiger partial charge in [0.15, 0.2) is 0 Å². The van der Waals surface area contributed by atoms with Crippen LogP contribution in [-0.4, -0.2) is 23.4 Å². The van der Waals surface area contributed by atoms with Gasteiger partial charge in [-0.2, -0.15) is 0 Å². The van der Waals surface area contributed by atoms with Gasteiger partial charge in [0.05, 0.1) is 0 Å². The van der Waals surface area contributed by atoms with E-state index in [1.54, 1.807) is 12.1 Å². The molecule has 4 heteroatoms. The summed E-state index contributed by atoms with van der Waals surface area (Å²) in [5.74, 6) is 0.494. The number of alkyl halides is 1. The summed E-state index contributed by atoms with van der Waals surface area (Å²) in [5.41, 5.74) is 0.684. The van der Waals surface area contributed by atoms with E-state index in [1.165, 1.54) is 18.9 Å². The van der Waals surface area contributed by atoms with E-state index in [4.69, 9.17) is 23.2 Å². The smallest absolute Gasteiger partial charge is 0.127 e. The average Bonchev–Trinajstić information content (AvgIpc) is 2.36. The number of hydrogen-bond donors (Lipinski definition) is 0. The van der Waals surface area contributed by atoms with Crippen molar-refractivity contribution in [2.75, 3.05) is 12.4 Å². The summed E-state index contributed by atoms with van der Waals surface area (Å²) in [5, 5.41) is 0.595. The molecule has 0 bridgehead atoms. The number of likely N-dealkylation sites (tertiary alicyclic amines) is 1. The molecule has 0 amide bonds. The fourth-order valence-electron chi connectivity index (χ4n) is 2.60. The van der Waals surface area contributed by atoms with Gasteiger partial charge in [-0.05, 0) is 44.0 Å². The first-order chi connectivity index (χ1) is 8.70. The van der Waals surface area contributed by atoms with E-state index in [0.29, 0.717) is 29.1 Å². The SMILES string of the molecule is Fc1ccc(Cl)cc1CN1CCCCC1CCCl. The van der Waals surface area contributed by atoms with Gasteiger partial charge in [-0.1, -0.05) is 18.0 Å². The third-order valence-corrected chi connectivity index (χ3v) is 4.03. The van der Waals surface area contributed by atoms with E-state index in [1.807, 2.05) is 0 Å². The first-order valence-corrected chi connectivity index (χ1v) is 7.36. The molecule has 0 aromatic heterocycles. The Hall–Kier alpha value is -0.310. The summed E-state index contributed by atoms with van der Waals surface area (Å²) >= 11 is 11.8. The minimum atomic E-state index is -0.172. The molecule has 2 rings (SSSR count). The number of piperidine rings is 1. The van der Waals surface area contributed by atoms with Crippen LogP contribution in [-0.2, 0) is 6.54 Å². The number of benzene rings is 1. The molecular weight excluding hydrogens is 272 g/mol. The van der Waals surface area contributed by atoms with Crippen molar-refractivity contribution in [3.8, 4) is 0 Å². The van der Waals surface area contributed by atoms with E-state index in [0.717, 1.165) is 19.4 Å². The first-order valence-electron chi connectivity index (χ1n) is 6.44. The van der Waals surface area contributed by atoms with Crippen LogP contribution in [0.3, 0.4) is 0 Å². The lowest BCUT2D eigenvalue weighted by atomic mass is 9.99. The van der Waals surface area contributed by atoms with E-state index in [-0.39, 0.29) is 5.82 Å². The largest absolute Gasteiger partial charge is 0.296 e. The summed E-state index contributed by atoms with van der Waals surface area (Å²) in [6.45, 7) is 1.65. The van der Waals surface area contributed by atoms with Crippen LogP contribution in [0, 0.1) is 5.82 Å². The van der Waals surface area contributed by atoms with Gasteiger partial charge in [0.2, 0.25) is 0 Å². The number of hydrogen-bond acceptors (Lipinski definition) is 1. The van der Waals surface area contributed by atoms with Crippen molar-refractivity contribution in [2.24, 2.45) is 0 Å². The van der Waals surface area contributed by atoms with E-state index < -0.39 is 0 Å². The van der Waals surface area contributed by atoms with Crippen molar-refractivity contribution in [3.05, 3.63) is 34.6 Å². The third-order valence-electron chi connectivity index (χ3n) is 3.57. The van der Waals surface area contributed by atoms with Crippen LogP contribution in [0.15, 0.2) is 18.2 Å². The van der Waals surface area contributed by atoms with Gasteiger partial charge >= 0.3 is 0 Å². The molecule has 1 aromatic carbocycles. The highest BCUT2D eigenvalue weighted by Gasteiger charge is 2.22. The molecule has 0 spiro atoms. The molecule has 1 aliphatic heterocycles. The predicted octanol–water partition coefficient (Wildman–Crippen LogP) is 4.46. The maximum absolute atomic E-state index is 13.7. The van der Waals surface area contributed by atoms with Crippen molar-refractivity contribution in [1.82, 2.24) is 4.90 Å². The van der Waals surface area contributed by atoms with Crippen LogP contribution in [0.5, 0.6) is 0 Å². The second-order valence-electron chi connectivity index (χ2n) is 4.83. The summed E-state index contributed by atoms with van der Waals surface area (Å²) in [6, 6.07) is 5.24. The Morgan fingerprint density at radius 2 is 2.17 bits per heavy atom. The normalized spacial score (nSPS) is 21.2. The molecule has 0 N–H and O–H groups in total. The van der Waals surface area contributed by atoms with E-state index in [9.17, 15) is 4.39 Å². The monoisotopic (exact) mass is 289 g/mol. The van der Waals surface area contributed by atoms with Crippen molar-refractivity contribution in [2.45, 2.75) is 38.3 Å². The molecule has 1 heterocycles. The van der Waals surface area contributed by atoms with Gasteiger partial charge in [-0.25, -0.2) is 4.39 Å². The molecule has 0 aliphatic carbocycles. The van der Waals surface area contributed by atoms with Gasteiger partial charge in [0.1, 0.15) is 5.82 Å². The molecular formula is C14H18Cl2FN. The second kappa shape index (κ2) is 6.74. The minimum Gasteiger partial charge on any atom is -0.296 e. The Morgan fingerprint density at radius 3 is 2.94 bits per heavy atom. The van der Waals surface area contributed by atoms with Crippen LogP contribution >= 0.6 is 23.2 Å². The highest BCUT2D eigenvalue weighted by Crippen LogP contribution is 2.24. The van der Waals surface area contributed by atoms with Crippen molar-refractivity contribution in [1.29, 1.82) is 0 Å². The quantitative estimate of drug-likeness (QED) is 0.740. The third kappa shape index (κ3) is 3.59. The first kappa shape index (κ1) is 14.1. The average molecular weight is 290 g/mol. The standard InChI is InChI=1S/C14H18Cl2FN/c15-7-6-13-3-1-2-8-18(13)10-11-9-12(16)4-5-14(11)17/h4-5,9,13H,1-3,6-8,10H2. The van der Waals surface area contributed by atoms with E-state index >= 15 is 0 Å². The van der Waals surface area contributed by atoms with Crippen LogP contribution in [0.2, 0.25) is 5.02 Å². The molecule has 1 aromatic rings. The summed E-state index contributed by atoms with van der Waals surface area (Å²) < 4.78 is 13.7. The van der Waals surface area contributed by atoms with Gasteiger partial charge in [-0.15, -0.1) is 11.6 Å². The van der Waals surface area contributed by atoms with Gasteiger partial charge in [0.25, 0.3) is 0 Å². The van der Waals surface area contributed by atoms with Gasteiger partial charge in [0, 0.05) is 29.1 Å². The summed E-state index contributed by atoms with van der Waals surface area (Å²) in [6.07, 6.45) is 4.57. The van der Waals surface area contributed by atoms with Gasteiger partial charge < -0.3 is 0 Å². The van der Waals surface area contributed by atoms with Crippen LogP contribution in [0.1, 0.15) is 31.2 Å². The Labute approximate surface area is 118 Å². The molecule has 0 radical (unpaired) electrons. The lowest BCUT2D eigenvalue weighted by Crippen LogP contribution is -2.39. The number of halogens is 3. The maximum Gasteiger partial charge on any atom is 0.127 e. The zero-order valence-electron chi connectivity index (χ0n) is 10.3. The van der Waals surface area contributed by atoms with Crippen molar-refractivity contribution in [3.63, 3.8) is 0 Å². The van der Waals surface area contributed by atoms with Crippen molar-refractivity contribution >= 4 is 23.2 Å². The molecule has 1 atom stereocenters. The topological polar surface area (TPSA) is 3.24 Å². The predicted molar refractivity (Wildman–Crippen MR) is 74.8 cm³/mol. The zero-order chi connectivity index (χ0) is 13.0. The molecule has 1 saturated heterocycles. The molecule has 1 aliphatic rings. The summed E-state index contributed by atoms with van der Waals surface area (Å²) in [7, 11) is 0. The minimum absolute atomic E-state index is 0.172. The number of nitrogens with zero attached hydrogens (tertiary/aromatic N) is 1. The number of rotatable bonds is 4. The van der Waals surface area contributed by atoms with Crippen molar-refractivity contribution < 1.29 is 4.39 Å². The Morgan fingerprint density at radius 1 is 1.33 bits per heavy atom. The molecule has 0 saturated carbocycles. The zero-order valence-corrected chi connectivity index (χ0v) is 11.9. The Balaban J connectivity index is 2.08. The highest BCUT2D eigenvalue weighted by atomic mass is 35.5.